The highest BCUT2D eigenvalue weighted by Crippen LogP contribution is 2.20. The monoisotopic (exact) mass is 466 g/mol. The van der Waals surface area contributed by atoms with E-state index in [-0.39, 0.29) is 24.7 Å². The summed E-state index contributed by atoms with van der Waals surface area (Å²) < 4.78 is 51.2. The van der Waals surface area contributed by atoms with Crippen molar-refractivity contribution < 1.29 is 37.0 Å². The van der Waals surface area contributed by atoms with E-state index in [0.29, 0.717) is 31.7 Å². The van der Waals surface area contributed by atoms with Crippen LogP contribution in [0.3, 0.4) is 0 Å². The van der Waals surface area contributed by atoms with E-state index in [9.17, 15) is 22.8 Å². The number of alkyl halides is 3. The number of piperazine rings is 1. The Bertz CT molecular complexity index is 925. The van der Waals surface area contributed by atoms with Crippen LogP contribution in [0.15, 0.2) is 48.5 Å². The maximum Gasteiger partial charge on any atom is 0.411 e. The van der Waals surface area contributed by atoms with E-state index in [1.54, 1.807) is 12.0 Å². The number of anilines is 1. The number of carbonyl (C=O) groups excluding carboxylic acids is 2. The normalized spacial score (nSPS) is 14.2. The van der Waals surface area contributed by atoms with Gasteiger partial charge in [0.25, 0.3) is 5.91 Å². The zero-order chi connectivity index (χ0) is 23.8. The molecule has 0 aliphatic carbocycles. The number of carbonyl (C=O) groups is 2. The lowest BCUT2D eigenvalue weighted by atomic mass is 10.1. The van der Waals surface area contributed by atoms with Crippen molar-refractivity contribution >= 4 is 17.6 Å². The molecule has 0 aromatic heterocycles. The number of esters is 1. The quantitative estimate of drug-likeness (QED) is 0.557. The number of hydrogen-bond acceptors (Lipinski definition) is 6. The second-order valence-corrected chi connectivity index (χ2v) is 7.45. The van der Waals surface area contributed by atoms with Crippen LogP contribution < -0.4 is 9.64 Å². The number of methoxy groups -OCH3 is 1. The van der Waals surface area contributed by atoms with E-state index in [0.717, 1.165) is 11.4 Å². The van der Waals surface area contributed by atoms with Crippen LogP contribution in [0.1, 0.15) is 15.9 Å². The smallest absolute Gasteiger partial charge is 0.411 e. The first-order chi connectivity index (χ1) is 15.7. The van der Waals surface area contributed by atoms with E-state index >= 15 is 0 Å². The molecule has 2 aromatic carbocycles. The van der Waals surface area contributed by atoms with Crippen molar-refractivity contribution in [3.8, 4) is 5.75 Å². The zero-order valence-electron chi connectivity index (χ0n) is 18.1. The van der Waals surface area contributed by atoms with Gasteiger partial charge >= 0.3 is 12.1 Å². The molecule has 1 heterocycles. The summed E-state index contributed by atoms with van der Waals surface area (Å²) in [6.07, 6.45) is -4.39. The first kappa shape index (κ1) is 24.4. The Kier molecular flexibility index (Phi) is 8.16. The molecule has 33 heavy (non-hydrogen) atoms. The highest BCUT2D eigenvalue weighted by molar-refractivity contribution is 5.91. The molecule has 1 amide bonds. The fraction of sp³-hybridized carbons (Fsp3) is 0.391. The number of ether oxygens (including phenoxy) is 3. The Morgan fingerprint density at radius 1 is 0.939 bits per heavy atom. The van der Waals surface area contributed by atoms with Crippen LogP contribution >= 0.6 is 0 Å². The number of hydrogen-bond donors (Lipinski definition) is 0. The van der Waals surface area contributed by atoms with Crippen LogP contribution in [0.5, 0.6) is 5.75 Å². The van der Waals surface area contributed by atoms with Crippen LogP contribution in [-0.2, 0) is 20.9 Å². The summed E-state index contributed by atoms with van der Waals surface area (Å²) >= 11 is 0. The molecule has 2 aromatic rings. The number of halogens is 3. The van der Waals surface area contributed by atoms with Gasteiger partial charge in [-0.25, -0.2) is 4.79 Å². The fourth-order valence-electron chi connectivity index (χ4n) is 3.33. The Hall–Kier alpha value is -3.27. The lowest BCUT2D eigenvalue weighted by Gasteiger charge is -2.36. The van der Waals surface area contributed by atoms with E-state index in [1.165, 1.54) is 24.3 Å². The second kappa shape index (κ2) is 11.0. The minimum Gasteiger partial charge on any atom is -0.497 e. The van der Waals surface area contributed by atoms with Crippen molar-refractivity contribution in [2.45, 2.75) is 12.8 Å². The molecule has 10 heteroatoms. The van der Waals surface area contributed by atoms with Gasteiger partial charge in [-0.2, -0.15) is 13.2 Å². The van der Waals surface area contributed by atoms with Gasteiger partial charge in [0.1, 0.15) is 12.4 Å². The number of amides is 1. The molecule has 1 aliphatic rings. The minimum absolute atomic E-state index is 0.201. The molecular weight excluding hydrogens is 441 g/mol. The van der Waals surface area contributed by atoms with Gasteiger partial charge in [0.2, 0.25) is 0 Å². The molecule has 0 unspecified atom stereocenters. The van der Waals surface area contributed by atoms with Crippen molar-refractivity contribution in [3.05, 3.63) is 59.7 Å². The molecule has 1 saturated heterocycles. The van der Waals surface area contributed by atoms with Crippen LogP contribution in [0.25, 0.3) is 0 Å². The van der Waals surface area contributed by atoms with Gasteiger partial charge in [0.05, 0.1) is 19.3 Å². The predicted octanol–water partition coefficient (Wildman–Crippen LogP) is 3.28. The average molecular weight is 466 g/mol. The lowest BCUT2D eigenvalue weighted by Crippen LogP contribution is -2.49. The van der Waals surface area contributed by atoms with Crippen molar-refractivity contribution in [2.75, 3.05) is 51.4 Å². The van der Waals surface area contributed by atoms with E-state index < -0.39 is 18.8 Å². The summed E-state index contributed by atoms with van der Waals surface area (Å²) in [6, 6.07) is 13.5. The molecule has 0 N–H and O–H groups in total. The molecule has 0 atom stereocenters. The molecule has 0 saturated carbocycles. The van der Waals surface area contributed by atoms with Gasteiger partial charge in [0.15, 0.2) is 6.61 Å². The first-order valence-corrected chi connectivity index (χ1v) is 10.3. The molecule has 1 fully saturated rings. The molecule has 3 rings (SSSR count). The maximum absolute atomic E-state index is 12.4. The summed E-state index contributed by atoms with van der Waals surface area (Å²) in [4.78, 5) is 28.4. The summed E-state index contributed by atoms with van der Waals surface area (Å²) in [5.74, 6) is -0.184. The summed E-state index contributed by atoms with van der Waals surface area (Å²) in [5.41, 5.74) is 1.73. The van der Waals surface area contributed by atoms with Gasteiger partial charge in [-0.3, -0.25) is 4.79 Å². The van der Waals surface area contributed by atoms with Crippen molar-refractivity contribution in [1.82, 2.24) is 4.90 Å². The highest BCUT2D eigenvalue weighted by Gasteiger charge is 2.27. The number of rotatable bonds is 8. The highest BCUT2D eigenvalue weighted by atomic mass is 19.4. The number of benzene rings is 2. The van der Waals surface area contributed by atoms with Crippen molar-refractivity contribution in [2.24, 2.45) is 0 Å². The molecule has 0 bridgehead atoms. The third-order valence-electron chi connectivity index (χ3n) is 5.12. The summed E-state index contributed by atoms with van der Waals surface area (Å²) in [7, 11) is 1.61. The van der Waals surface area contributed by atoms with E-state index in [2.05, 4.69) is 9.64 Å². The van der Waals surface area contributed by atoms with Gasteiger partial charge in [0, 0.05) is 31.9 Å². The van der Waals surface area contributed by atoms with Gasteiger partial charge in [-0.05, 0) is 42.0 Å². The van der Waals surface area contributed by atoms with E-state index in [1.807, 2.05) is 24.3 Å². The van der Waals surface area contributed by atoms with Gasteiger partial charge in [-0.1, -0.05) is 12.1 Å². The Labute approximate surface area is 189 Å². The molecule has 7 nitrogen and oxygen atoms in total. The Balaban J connectivity index is 1.40. The first-order valence-electron chi connectivity index (χ1n) is 10.3. The SMILES string of the molecule is COc1ccc(N2CCN(C(=O)COC(=O)c3ccc(COCC(F)(F)F)cc3)CC2)cc1. The second-order valence-electron chi connectivity index (χ2n) is 7.45. The van der Waals surface area contributed by atoms with Crippen molar-refractivity contribution in [1.29, 1.82) is 0 Å². The largest absolute Gasteiger partial charge is 0.497 e. The topological polar surface area (TPSA) is 68.3 Å². The van der Waals surface area contributed by atoms with Crippen LogP contribution in [0, 0.1) is 0 Å². The summed E-state index contributed by atoms with van der Waals surface area (Å²) in [6.45, 7) is 0.388. The molecule has 0 radical (unpaired) electrons. The Morgan fingerprint density at radius 2 is 1.58 bits per heavy atom. The summed E-state index contributed by atoms with van der Waals surface area (Å²) in [5, 5.41) is 0. The maximum atomic E-state index is 12.4. The van der Waals surface area contributed by atoms with Gasteiger partial charge < -0.3 is 24.0 Å². The number of nitrogens with zero attached hydrogens (tertiary/aromatic N) is 2. The molecule has 178 valence electrons. The van der Waals surface area contributed by atoms with E-state index in [4.69, 9.17) is 9.47 Å². The zero-order valence-corrected chi connectivity index (χ0v) is 18.1. The van der Waals surface area contributed by atoms with Crippen LogP contribution in [0.4, 0.5) is 18.9 Å². The van der Waals surface area contributed by atoms with Crippen LogP contribution in [-0.4, -0.2) is 69.5 Å². The minimum atomic E-state index is -4.39. The Morgan fingerprint density at radius 3 is 2.15 bits per heavy atom. The average Bonchev–Trinajstić information content (AvgIpc) is 2.82. The van der Waals surface area contributed by atoms with Crippen LogP contribution in [0.2, 0.25) is 0 Å². The fourth-order valence-corrected chi connectivity index (χ4v) is 3.33. The lowest BCUT2D eigenvalue weighted by molar-refractivity contribution is -0.176. The third-order valence-corrected chi connectivity index (χ3v) is 5.12. The molecule has 0 spiro atoms. The van der Waals surface area contributed by atoms with Gasteiger partial charge in [-0.15, -0.1) is 0 Å². The predicted molar refractivity (Wildman–Crippen MR) is 114 cm³/mol. The standard InChI is InChI=1S/C23H25F3N2O5/c1-31-20-8-6-19(7-9-20)27-10-12-28(13-11-27)21(29)15-33-22(30)18-4-2-17(3-5-18)14-32-16-23(24,25)26/h2-9H,10-16H2,1H3. The molecule has 1 aliphatic heterocycles. The van der Waals surface area contributed by atoms with Crippen molar-refractivity contribution in [3.63, 3.8) is 0 Å². The third kappa shape index (κ3) is 7.38. The molecular formula is C23H25F3N2O5.